The minimum atomic E-state index is -0.0282. The monoisotopic (exact) mass is 222 g/mol. The maximum Gasteiger partial charge on any atom is 0.165 e. The zero-order valence-electron chi connectivity index (χ0n) is 8.77. The van der Waals surface area contributed by atoms with Gasteiger partial charge in [-0.3, -0.25) is 10.6 Å². The van der Waals surface area contributed by atoms with Crippen LogP contribution in [0.1, 0.15) is 0 Å². The van der Waals surface area contributed by atoms with Crippen LogP contribution in [0.25, 0.3) is 0 Å². The van der Waals surface area contributed by atoms with Crippen LogP contribution in [0.15, 0.2) is 18.2 Å². The van der Waals surface area contributed by atoms with Crippen molar-refractivity contribution in [2.24, 2.45) is 0 Å². The average Bonchev–Trinajstić information content (AvgIpc) is 2.82. The first-order valence-corrected chi connectivity index (χ1v) is 5.42. The summed E-state index contributed by atoms with van der Waals surface area (Å²) >= 11 is 0. The number of benzene rings is 1. The van der Waals surface area contributed by atoms with Gasteiger partial charge in [-0.05, 0) is 12.1 Å². The van der Waals surface area contributed by atoms with Gasteiger partial charge in [0.25, 0.3) is 0 Å². The molecule has 2 aliphatic rings. The molecule has 0 radical (unpaired) electrons. The van der Waals surface area contributed by atoms with Crippen molar-refractivity contribution in [1.29, 1.82) is 0 Å². The third-order valence-corrected chi connectivity index (χ3v) is 2.83. The Morgan fingerprint density at radius 2 is 2.00 bits per heavy atom. The molecule has 0 saturated carbocycles. The lowest BCUT2D eigenvalue weighted by Gasteiger charge is -2.30. The largest absolute Gasteiger partial charge is 0.508 e. The van der Waals surface area contributed by atoms with Gasteiger partial charge in [-0.15, -0.1) is 0 Å². The minimum absolute atomic E-state index is 0.0282. The van der Waals surface area contributed by atoms with E-state index in [9.17, 15) is 5.11 Å². The molecule has 1 aromatic rings. The molecule has 1 atom stereocenters. The third kappa shape index (κ3) is 1.68. The van der Waals surface area contributed by atoms with Crippen LogP contribution < -0.4 is 20.1 Å². The molecule has 0 aromatic heterocycles. The molecule has 0 bridgehead atoms. The van der Waals surface area contributed by atoms with E-state index < -0.39 is 0 Å². The molecule has 1 fully saturated rings. The maximum atomic E-state index is 9.31. The lowest BCUT2D eigenvalue weighted by molar-refractivity contribution is 0.0612. The number of phenols is 1. The zero-order chi connectivity index (χ0) is 11.0. The topological polar surface area (TPSA) is 62.8 Å². The number of aromatic hydroxyl groups is 1. The number of nitrogens with one attached hydrogen (secondary N) is 2. The Morgan fingerprint density at radius 3 is 2.81 bits per heavy atom. The number of fused-ring (bicyclic) bond motifs is 1. The van der Waals surface area contributed by atoms with Crippen molar-refractivity contribution in [3.8, 4) is 17.2 Å². The number of hydrogen-bond donors (Lipinski definition) is 3. The molecule has 5 heteroatoms. The first kappa shape index (κ1) is 9.74. The lowest BCUT2D eigenvalue weighted by atomic mass is 10.2. The lowest BCUT2D eigenvalue weighted by Crippen LogP contribution is -2.50. The smallest absolute Gasteiger partial charge is 0.165 e. The standard InChI is InChI=1S/C11H14N2O3/c14-7-1-2-8-9(5-7)15-6-10(16-8)11-12-3-4-13-11/h1-2,5,10-14H,3-4,6H2. The second-order valence-electron chi connectivity index (χ2n) is 3.98. The summed E-state index contributed by atoms with van der Waals surface area (Å²) in [5.74, 6) is 1.48. The zero-order valence-corrected chi connectivity index (χ0v) is 8.77. The van der Waals surface area contributed by atoms with Gasteiger partial charge < -0.3 is 14.6 Å². The van der Waals surface area contributed by atoms with Crippen LogP contribution in [0.5, 0.6) is 17.2 Å². The van der Waals surface area contributed by atoms with Crippen molar-refractivity contribution in [3.05, 3.63) is 18.2 Å². The van der Waals surface area contributed by atoms with E-state index in [1.165, 1.54) is 0 Å². The summed E-state index contributed by atoms with van der Waals surface area (Å²) in [7, 11) is 0. The normalized spacial score (nSPS) is 24.6. The summed E-state index contributed by atoms with van der Waals surface area (Å²) in [6.45, 7) is 2.39. The van der Waals surface area contributed by atoms with Crippen LogP contribution >= 0.6 is 0 Å². The Morgan fingerprint density at radius 1 is 1.19 bits per heavy atom. The van der Waals surface area contributed by atoms with Crippen molar-refractivity contribution in [1.82, 2.24) is 10.6 Å². The number of rotatable bonds is 1. The highest BCUT2D eigenvalue weighted by atomic mass is 16.6. The summed E-state index contributed by atoms with van der Waals surface area (Å²) in [4.78, 5) is 0. The summed E-state index contributed by atoms with van der Waals surface area (Å²) < 4.78 is 11.4. The van der Waals surface area contributed by atoms with Crippen LogP contribution in [-0.4, -0.2) is 37.1 Å². The molecular weight excluding hydrogens is 208 g/mol. The van der Waals surface area contributed by atoms with Crippen molar-refractivity contribution in [3.63, 3.8) is 0 Å². The Bertz CT molecular complexity index is 391. The molecule has 3 rings (SSSR count). The predicted molar refractivity (Wildman–Crippen MR) is 57.8 cm³/mol. The molecular formula is C11H14N2O3. The van der Waals surface area contributed by atoms with E-state index in [4.69, 9.17) is 9.47 Å². The van der Waals surface area contributed by atoms with Crippen LogP contribution in [0, 0.1) is 0 Å². The Labute approximate surface area is 93.4 Å². The molecule has 3 N–H and O–H groups in total. The Hall–Kier alpha value is -1.46. The van der Waals surface area contributed by atoms with E-state index in [1.54, 1.807) is 18.2 Å². The Balaban J connectivity index is 1.78. The highest BCUT2D eigenvalue weighted by Crippen LogP contribution is 2.34. The number of phenolic OH excluding ortho intramolecular Hbond substituents is 1. The quantitative estimate of drug-likeness (QED) is 0.626. The predicted octanol–water partition coefficient (Wildman–Crippen LogP) is 0.0509. The minimum Gasteiger partial charge on any atom is -0.508 e. The van der Waals surface area contributed by atoms with E-state index in [0.717, 1.165) is 13.1 Å². The molecule has 16 heavy (non-hydrogen) atoms. The van der Waals surface area contributed by atoms with E-state index in [2.05, 4.69) is 10.6 Å². The number of hydrogen-bond acceptors (Lipinski definition) is 5. The first-order valence-electron chi connectivity index (χ1n) is 5.42. The average molecular weight is 222 g/mol. The van der Waals surface area contributed by atoms with Gasteiger partial charge in [0.2, 0.25) is 0 Å². The fraction of sp³-hybridized carbons (Fsp3) is 0.455. The van der Waals surface area contributed by atoms with E-state index in [-0.39, 0.29) is 18.0 Å². The second-order valence-corrected chi connectivity index (χ2v) is 3.98. The fourth-order valence-corrected chi connectivity index (χ4v) is 2.03. The van der Waals surface area contributed by atoms with Crippen molar-refractivity contribution in [2.45, 2.75) is 12.3 Å². The molecule has 2 heterocycles. The molecule has 0 aliphatic carbocycles. The summed E-state index contributed by atoms with van der Waals surface area (Å²) in [6.07, 6.45) is 0.112. The van der Waals surface area contributed by atoms with Crippen molar-refractivity contribution >= 4 is 0 Å². The van der Waals surface area contributed by atoms with Crippen LogP contribution in [0.2, 0.25) is 0 Å². The van der Waals surface area contributed by atoms with E-state index in [1.807, 2.05) is 0 Å². The van der Waals surface area contributed by atoms with Crippen LogP contribution in [0.4, 0.5) is 0 Å². The summed E-state index contributed by atoms with van der Waals surface area (Å²) in [5.41, 5.74) is 0. The molecule has 2 aliphatic heterocycles. The van der Waals surface area contributed by atoms with Gasteiger partial charge >= 0.3 is 0 Å². The van der Waals surface area contributed by atoms with Gasteiger partial charge in [-0.1, -0.05) is 0 Å². The molecule has 0 spiro atoms. The first-order chi connectivity index (χ1) is 7.83. The maximum absolute atomic E-state index is 9.31. The molecule has 86 valence electrons. The summed E-state index contributed by atoms with van der Waals surface area (Å²) in [5, 5.41) is 15.9. The highest BCUT2D eigenvalue weighted by Gasteiger charge is 2.30. The van der Waals surface area contributed by atoms with Gasteiger partial charge in [0.1, 0.15) is 12.4 Å². The van der Waals surface area contributed by atoms with Gasteiger partial charge in [0, 0.05) is 19.2 Å². The van der Waals surface area contributed by atoms with Gasteiger partial charge in [-0.2, -0.15) is 0 Å². The van der Waals surface area contributed by atoms with Gasteiger partial charge in [-0.25, -0.2) is 0 Å². The second kappa shape index (κ2) is 3.84. The number of ether oxygens (including phenoxy) is 2. The Kier molecular flexibility index (Phi) is 2.34. The molecule has 1 unspecified atom stereocenters. The SMILES string of the molecule is Oc1ccc2c(c1)OCC(C1NCCN1)O2. The van der Waals surface area contributed by atoms with Crippen LogP contribution in [0.3, 0.4) is 0 Å². The van der Waals surface area contributed by atoms with E-state index in [0.29, 0.717) is 18.1 Å². The fourth-order valence-electron chi connectivity index (χ4n) is 2.03. The highest BCUT2D eigenvalue weighted by molar-refractivity contribution is 5.46. The molecule has 1 aromatic carbocycles. The van der Waals surface area contributed by atoms with Crippen LogP contribution in [-0.2, 0) is 0 Å². The summed E-state index contributed by atoms with van der Waals surface area (Å²) in [6, 6.07) is 4.90. The molecule has 1 saturated heterocycles. The third-order valence-electron chi connectivity index (χ3n) is 2.83. The molecule has 5 nitrogen and oxygen atoms in total. The van der Waals surface area contributed by atoms with Gasteiger partial charge in [0.05, 0.1) is 6.17 Å². The van der Waals surface area contributed by atoms with Crippen molar-refractivity contribution in [2.75, 3.05) is 19.7 Å². The van der Waals surface area contributed by atoms with Crippen molar-refractivity contribution < 1.29 is 14.6 Å². The molecule has 0 amide bonds. The van der Waals surface area contributed by atoms with E-state index >= 15 is 0 Å². The van der Waals surface area contributed by atoms with Gasteiger partial charge in [0.15, 0.2) is 17.6 Å².